The topological polar surface area (TPSA) is 85.1 Å². The highest BCUT2D eigenvalue weighted by atomic mass is 35.5. The number of pyridine rings is 1. The van der Waals surface area contributed by atoms with Gasteiger partial charge in [0.25, 0.3) is 11.6 Å². The molecule has 1 heterocycles. The number of benzene rings is 1. The molecule has 2 aromatic rings. The van der Waals surface area contributed by atoms with E-state index in [1.54, 1.807) is 19.2 Å². The van der Waals surface area contributed by atoms with Crippen LogP contribution in [-0.2, 0) is 0 Å². The predicted molar refractivity (Wildman–Crippen MR) is 75.0 cm³/mol. The molecule has 0 aliphatic carbocycles. The first-order valence-electron chi connectivity index (χ1n) is 5.65. The summed E-state index contributed by atoms with van der Waals surface area (Å²) in [5, 5.41) is 13.8. The van der Waals surface area contributed by atoms with Crippen molar-refractivity contribution in [3.05, 3.63) is 62.9 Å². The van der Waals surface area contributed by atoms with Gasteiger partial charge < -0.3 is 5.32 Å². The van der Waals surface area contributed by atoms with E-state index in [4.69, 9.17) is 11.6 Å². The highest BCUT2D eigenvalue weighted by Crippen LogP contribution is 2.24. The molecule has 1 aromatic carbocycles. The molecule has 0 saturated heterocycles. The van der Waals surface area contributed by atoms with Gasteiger partial charge in [-0.2, -0.15) is 0 Å². The summed E-state index contributed by atoms with van der Waals surface area (Å²) in [5.74, 6) is -0.589. The third-order valence-corrected chi connectivity index (χ3v) is 2.90. The lowest BCUT2D eigenvalue weighted by Crippen LogP contribution is -2.14. The highest BCUT2D eigenvalue weighted by molar-refractivity contribution is 6.31. The number of rotatable bonds is 3. The summed E-state index contributed by atoms with van der Waals surface area (Å²) < 4.78 is 0. The molecule has 1 aromatic heterocycles. The van der Waals surface area contributed by atoms with Crippen LogP contribution in [0.2, 0.25) is 5.02 Å². The van der Waals surface area contributed by atoms with Crippen molar-refractivity contribution >= 4 is 28.9 Å². The minimum absolute atomic E-state index is 0.0845. The van der Waals surface area contributed by atoms with Gasteiger partial charge in [-0.25, -0.2) is 0 Å². The Bertz CT molecular complexity index is 688. The van der Waals surface area contributed by atoms with Crippen LogP contribution in [0.5, 0.6) is 0 Å². The van der Waals surface area contributed by atoms with Crippen LogP contribution in [0.4, 0.5) is 11.4 Å². The molecular weight excluding hydrogens is 282 g/mol. The summed E-state index contributed by atoms with van der Waals surface area (Å²) in [6.07, 6.45) is 3.11. The number of nitrogens with one attached hydrogen (secondary N) is 1. The second-order valence-electron chi connectivity index (χ2n) is 4.06. The van der Waals surface area contributed by atoms with Crippen LogP contribution < -0.4 is 5.32 Å². The fourth-order valence-electron chi connectivity index (χ4n) is 1.65. The normalized spacial score (nSPS) is 10.1. The summed E-state index contributed by atoms with van der Waals surface area (Å²) in [7, 11) is 0. The SMILES string of the molecule is Cc1cnccc1NC(=O)c1cc(Cl)ccc1[N+](=O)[O-]. The van der Waals surface area contributed by atoms with Gasteiger partial charge in [-0.1, -0.05) is 11.6 Å². The number of carbonyl (C=O) groups excluding carboxylic acids is 1. The molecule has 0 spiro atoms. The Morgan fingerprint density at radius 2 is 2.15 bits per heavy atom. The van der Waals surface area contributed by atoms with Gasteiger partial charge in [0.1, 0.15) is 5.56 Å². The second kappa shape index (κ2) is 5.66. The monoisotopic (exact) mass is 291 g/mol. The predicted octanol–water partition coefficient (Wildman–Crippen LogP) is 3.20. The van der Waals surface area contributed by atoms with Crippen molar-refractivity contribution in [2.24, 2.45) is 0 Å². The second-order valence-corrected chi connectivity index (χ2v) is 4.50. The van der Waals surface area contributed by atoms with Crippen molar-refractivity contribution in [2.75, 3.05) is 5.32 Å². The van der Waals surface area contributed by atoms with E-state index in [-0.39, 0.29) is 16.3 Å². The molecule has 0 radical (unpaired) electrons. The standard InChI is InChI=1S/C13H10ClN3O3/c1-8-7-15-5-4-11(8)16-13(18)10-6-9(14)2-3-12(10)17(19)20/h2-7H,1H3,(H,15,16,18). The van der Waals surface area contributed by atoms with Crippen LogP contribution in [0.25, 0.3) is 0 Å². The molecule has 2 rings (SSSR count). The lowest BCUT2D eigenvalue weighted by molar-refractivity contribution is -0.385. The molecule has 7 heteroatoms. The summed E-state index contributed by atoms with van der Waals surface area (Å²) in [4.78, 5) is 26.4. The molecule has 0 unspecified atom stereocenters. The third kappa shape index (κ3) is 2.92. The molecular formula is C13H10ClN3O3. The quantitative estimate of drug-likeness (QED) is 0.695. The molecule has 0 saturated carbocycles. The number of halogens is 1. The van der Waals surface area contributed by atoms with Gasteiger partial charge in [0.05, 0.1) is 4.92 Å². The average molecular weight is 292 g/mol. The maximum Gasteiger partial charge on any atom is 0.282 e. The first kappa shape index (κ1) is 14.0. The number of aromatic nitrogens is 1. The number of nitrogens with zero attached hydrogens (tertiary/aromatic N) is 2. The first-order chi connectivity index (χ1) is 9.49. The fourth-order valence-corrected chi connectivity index (χ4v) is 1.82. The van der Waals surface area contributed by atoms with Gasteiger partial charge >= 0.3 is 0 Å². The fraction of sp³-hybridized carbons (Fsp3) is 0.0769. The van der Waals surface area contributed by atoms with Crippen molar-refractivity contribution in [1.82, 2.24) is 4.98 Å². The molecule has 1 amide bonds. The molecule has 0 aliphatic rings. The summed E-state index contributed by atoms with van der Waals surface area (Å²) in [5.41, 5.74) is 0.919. The zero-order chi connectivity index (χ0) is 14.7. The van der Waals surface area contributed by atoms with Gasteiger partial charge in [-0.05, 0) is 30.7 Å². The number of aryl methyl sites for hydroxylation is 1. The number of nitro groups is 1. The average Bonchev–Trinajstić information content (AvgIpc) is 2.40. The summed E-state index contributed by atoms with van der Waals surface area (Å²) in [6, 6.07) is 5.46. The molecule has 0 fully saturated rings. The van der Waals surface area contributed by atoms with E-state index >= 15 is 0 Å². The molecule has 20 heavy (non-hydrogen) atoms. The minimum Gasteiger partial charge on any atom is -0.321 e. The van der Waals surface area contributed by atoms with E-state index in [9.17, 15) is 14.9 Å². The lowest BCUT2D eigenvalue weighted by Gasteiger charge is -2.08. The number of carbonyl (C=O) groups is 1. The number of hydrogen-bond donors (Lipinski definition) is 1. The van der Waals surface area contributed by atoms with E-state index in [2.05, 4.69) is 10.3 Å². The van der Waals surface area contributed by atoms with Crippen LogP contribution in [0.15, 0.2) is 36.7 Å². The largest absolute Gasteiger partial charge is 0.321 e. The van der Waals surface area contributed by atoms with Gasteiger partial charge in [-0.3, -0.25) is 19.9 Å². The van der Waals surface area contributed by atoms with Crippen molar-refractivity contribution in [2.45, 2.75) is 6.92 Å². The number of amides is 1. The number of nitro benzene ring substituents is 1. The van der Waals surface area contributed by atoms with Gasteiger partial charge in [0.2, 0.25) is 0 Å². The van der Waals surface area contributed by atoms with Gasteiger partial charge in [0.15, 0.2) is 0 Å². The Morgan fingerprint density at radius 1 is 1.40 bits per heavy atom. The van der Waals surface area contributed by atoms with Crippen LogP contribution in [-0.4, -0.2) is 15.8 Å². The maximum absolute atomic E-state index is 12.1. The number of hydrogen-bond acceptors (Lipinski definition) is 4. The molecule has 6 nitrogen and oxygen atoms in total. The van der Waals surface area contributed by atoms with E-state index in [0.29, 0.717) is 5.69 Å². The molecule has 0 bridgehead atoms. The van der Waals surface area contributed by atoms with Crippen molar-refractivity contribution in [1.29, 1.82) is 0 Å². The van der Waals surface area contributed by atoms with Crippen molar-refractivity contribution < 1.29 is 9.72 Å². The Morgan fingerprint density at radius 3 is 2.80 bits per heavy atom. The Kier molecular flexibility index (Phi) is 3.95. The van der Waals surface area contributed by atoms with Crippen LogP contribution in [0.3, 0.4) is 0 Å². The maximum atomic E-state index is 12.1. The van der Waals surface area contributed by atoms with Crippen molar-refractivity contribution in [3.8, 4) is 0 Å². The summed E-state index contributed by atoms with van der Waals surface area (Å²) in [6.45, 7) is 1.77. The zero-order valence-corrected chi connectivity index (χ0v) is 11.2. The summed E-state index contributed by atoms with van der Waals surface area (Å²) >= 11 is 5.79. The van der Waals surface area contributed by atoms with Gasteiger partial charge in [-0.15, -0.1) is 0 Å². The van der Waals surface area contributed by atoms with Crippen molar-refractivity contribution in [3.63, 3.8) is 0 Å². The Hall–Kier alpha value is -2.47. The minimum atomic E-state index is -0.620. The van der Waals surface area contributed by atoms with Crippen LogP contribution >= 0.6 is 11.6 Å². The van der Waals surface area contributed by atoms with Gasteiger partial charge in [0, 0.05) is 29.2 Å². The molecule has 1 N–H and O–H groups in total. The Balaban J connectivity index is 2.37. The van der Waals surface area contributed by atoms with Crippen LogP contribution in [0, 0.1) is 17.0 Å². The Labute approximate surface area is 119 Å². The van der Waals surface area contributed by atoms with E-state index < -0.39 is 10.8 Å². The number of anilines is 1. The molecule has 102 valence electrons. The highest BCUT2D eigenvalue weighted by Gasteiger charge is 2.20. The zero-order valence-electron chi connectivity index (χ0n) is 10.5. The van der Waals surface area contributed by atoms with E-state index in [1.165, 1.54) is 24.4 Å². The van der Waals surface area contributed by atoms with E-state index in [1.807, 2.05) is 0 Å². The smallest absolute Gasteiger partial charge is 0.282 e. The van der Waals surface area contributed by atoms with E-state index in [0.717, 1.165) is 5.56 Å². The first-order valence-corrected chi connectivity index (χ1v) is 6.02. The lowest BCUT2D eigenvalue weighted by atomic mass is 10.1. The third-order valence-electron chi connectivity index (χ3n) is 2.67. The molecule has 0 aliphatic heterocycles. The van der Waals surface area contributed by atoms with Crippen LogP contribution in [0.1, 0.15) is 15.9 Å². The molecule has 0 atom stereocenters.